The number of amides is 1. The summed E-state index contributed by atoms with van der Waals surface area (Å²) in [7, 11) is -1.72. The molecular formula is C36H36FNO9S. The lowest BCUT2D eigenvalue weighted by Crippen LogP contribution is -2.61. The van der Waals surface area contributed by atoms with Crippen molar-refractivity contribution in [2.45, 2.75) is 54.3 Å². The Morgan fingerprint density at radius 2 is 1.52 bits per heavy atom. The maximum absolute atomic E-state index is 13.6. The molecule has 4 aromatic carbocycles. The van der Waals surface area contributed by atoms with E-state index in [9.17, 15) is 44.0 Å². The van der Waals surface area contributed by atoms with Crippen molar-refractivity contribution >= 4 is 22.4 Å². The Labute approximate surface area is 278 Å². The molecule has 6 N–H and O–H groups in total. The third-order valence-electron chi connectivity index (χ3n) is 9.02. The number of rotatable bonds is 10. The molecule has 4 aromatic rings. The molecule has 12 heteroatoms. The van der Waals surface area contributed by atoms with Crippen LogP contribution in [-0.4, -0.2) is 82.8 Å². The van der Waals surface area contributed by atoms with Crippen LogP contribution in [0, 0.1) is 5.82 Å². The molecule has 9 atom stereocenters. The van der Waals surface area contributed by atoms with E-state index in [0.717, 1.165) is 0 Å². The highest BCUT2D eigenvalue weighted by Gasteiger charge is 2.53. The first-order chi connectivity index (χ1) is 23.1. The van der Waals surface area contributed by atoms with E-state index in [4.69, 9.17) is 4.74 Å². The van der Waals surface area contributed by atoms with Crippen LogP contribution in [0.4, 0.5) is 10.1 Å². The van der Waals surface area contributed by atoms with Gasteiger partial charge in [0, 0.05) is 27.8 Å². The second-order valence-corrected chi connectivity index (χ2v) is 13.7. The number of phenols is 1. The Bertz CT molecular complexity index is 1760. The SMILES string of the molecule is O=C1[C@H](S(=O)CC[C@H](O)c2ccc(F)cc2)[C@@H](c2ccc(-c3ccc(C4O[C@H](CO)[C@@H](O)[C@H](O)[C@H]4O)cc3)cc2O)N1c1ccccc1. The minimum Gasteiger partial charge on any atom is -0.508 e. The zero-order chi connectivity index (χ0) is 34.1. The molecule has 10 nitrogen and oxygen atoms in total. The number of aliphatic hydroxyl groups is 5. The Balaban J connectivity index is 1.22. The summed E-state index contributed by atoms with van der Waals surface area (Å²) in [5, 5.41) is 61.2. The Hall–Kier alpha value is -4.01. The molecule has 0 saturated carbocycles. The molecule has 2 unspecified atom stereocenters. The number of carbonyl (C=O) groups excluding carboxylic acids is 1. The van der Waals surface area contributed by atoms with Gasteiger partial charge < -0.3 is 40.3 Å². The lowest BCUT2D eigenvalue weighted by Gasteiger charge is -2.47. The Morgan fingerprint density at radius 3 is 2.17 bits per heavy atom. The lowest BCUT2D eigenvalue weighted by atomic mass is 9.89. The Morgan fingerprint density at radius 1 is 0.854 bits per heavy atom. The highest BCUT2D eigenvalue weighted by molar-refractivity contribution is 7.86. The Kier molecular flexibility index (Phi) is 10.0. The second-order valence-electron chi connectivity index (χ2n) is 12.0. The van der Waals surface area contributed by atoms with E-state index < -0.39 is 71.1 Å². The molecule has 6 rings (SSSR count). The van der Waals surface area contributed by atoms with Crippen LogP contribution in [0.25, 0.3) is 11.1 Å². The monoisotopic (exact) mass is 677 g/mol. The minimum absolute atomic E-state index is 0.00766. The van der Waals surface area contributed by atoms with Crippen molar-refractivity contribution in [2.75, 3.05) is 17.3 Å². The van der Waals surface area contributed by atoms with Crippen LogP contribution >= 0.6 is 0 Å². The average Bonchev–Trinajstić information content (AvgIpc) is 3.10. The van der Waals surface area contributed by atoms with Crippen LogP contribution in [0.15, 0.2) is 97.1 Å². The number of aliphatic hydroxyl groups excluding tert-OH is 5. The van der Waals surface area contributed by atoms with E-state index >= 15 is 0 Å². The largest absolute Gasteiger partial charge is 0.508 e. The van der Waals surface area contributed by atoms with Crippen molar-refractivity contribution in [3.05, 3.63) is 120 Å². The molecule has 2 aliphatic heterocycles. The van der Waals surface area contributed by atoms with Gasteiger partial charge in [0.1, 0.15) is 47.3 Å². The number of anilines is 1. The molecule has 0 aromatic heterocycles. The molecule has 2 aliphatic rings. The summed E-state index contributed by atoms with van der Waals surface area (Å²) in [6.07, 6.45) is -7.31. The summed E-state index contributed by atoms with van der Waals surface area (Å²) in [6.45, 7) is -0.536. The third kappa shape index (κ3) is 6.52. The highest BCUT2D eigenvalue weighted by atomic mass is 32.2. The van der Waals surface area contributed by atoms with Crippen LogP contribution in [0.1, 0.15) is 41.4 Å². The van der Waals surface area contributed by atoms with E-state index in [1.165, 1.54) is 29.2 Å². The number of nitrogens with zero attached hydrogens (tertiary/aromatic N) is 1. The first-order valence-corrected chi connectivity index (χ1v) is 16.9. The number of carbonyl (C=O) groups is 1. The predicted octanol–water partition coefficient (Wildman–Crippen LogP) is 3.04. The number of aromatic hydroxyl groups is 1. The summed E-state index contributed by atoms with van der Waals surface area (Å²) in [4.78, 5) is 15.0. The van der Waals surface area contributed by atoms with E-state index in [1.807, 2.05) is 6.07 Å². The first kappa shape index (κ1) is 33.9. The standard InChI is InChI=1S/C36H36FNO9S/c37-24-13-10-21(11-14-24)27(40)16-17-48(46)35-30(38(36(35)45)25-4-2-1-3-5-25)26-15-12-23(18-28(26)41)20-6-8-22(9-7-20)34-33(44)32(43)31(42)29(19-39)47-34/h1-15,18,27,29-35,39-44H,16-17,19H2/t27-,29+,30+,31+,32-,33+,34?,35+,48?/m0/s1. The molecular weight excluding hydrogens is 641 g/mol. The molecule has 0 spiro atoms. The molecule has 0 radical (unpaired) electrons. The summed E-state index contributed by atoms with van der Waals surface area (Å²) >= 11 is 0. The molecule has 1 amide bonds. The van der Waals surface area contributed by atoms with Gasteiger partial charge >= 0.3 is 0 Å². The molecule has 252 valence electrons. The third-order valence-corrected chi connectivity index (χ3v) is 10.7. The predicted molar refractivity (Wildman–Crippen MR) is 176 cm³/mol. The van der Waals surface area contributed by atoms with Crippen molar-refractivity contribution in [2.24, 2.45) is 0 Å². The minimum atomic E-state index is -1.72. The van der Waals surface area contributed by atoms with Gasteiger partial charge in [-0.15, -0.1) is 0 Å². The van der Waals surface area contributed by atoms with Crippen LogP contribution in [0.2, 0.25) is 0 Å². The number of halogens is 1. The zero-order valence-corrected chi connectivity index (χ0v) is 26.4. The van der Waals surface area contributed by atoms with Gasteiger partial charge in [-0.2, -0.15) is 0 Å². The van der Waals surface area contributed by atoms with Gasteiger partial charge in [-0.25, -0.2) is 4.39 Å². The highest BCUT2D eigenvalue weighted by Crippen LogP contribution is 2.46. The number of ether oxygens (including phenoxy) is 1. The first-order valence-electron chi connectivity index (χ1n) is 15.5. The van der Waals surface area contributed by atoms with Crippen LogP contribution in [0.3, 0.4) is 0 Å². The van der Waals surface area contributed by atoms with Gasteiger partial charge in [0.25, 0.3) is 0 Å². The van der Waals surface area contributed by atoms with Gasteiger partial charge in [-0.05, 0) is 59.0 Å². The van der Waals surface area contributed by atoms with Gasteiger partial charge in [-0.3, -0.25) is 9.00 Å². The van der Waals surface area contributed by atoms with Crippen molar-refractivity contribution in [1.82, 2.24) is 0 Å². The van der Waals surface area contributed by atoms with Gasteiger partial charge in [0.15, 0.2) is 0 Å². The molecule has 0 aliphatic carbocycles. The van der Waals surface area contributed by atoms with Crippen LogP contribution in [-0.2, 0) is 20.3 Å². The quantitative estimate of drug-likeness (QED) is 0.138. The topological polar surface area (TPSA) is 168 Å². The maximum Gasteiger partial charge on any atom is 0.245 e. The number of hydrogen-bond acceptors (Lipinski definition) is 9. The molecule has 2 fully saturated rings. The molecule has 0 bridgehead atoms. The maximum atomic E-state index is 13.6. The molecule has 2 saturated heterocycles. The fraction of sp³-hybridized carbons (Fsp3) is 0.306. The summed E-state index contributed by atoms with van der Waals surface area (Å²) < 4.78 is 32.6. The zero-order valence-electron chi connectivity index (χ0n) is 25.6. The van der Waals surface area contributed by atoms with Gasteiger partial charge in [0.05, 0.1) is 18.8 Å². The van der Waals surface area contributed by atoms with E-state index in [0.29, 0.717) is 33.5 Å². The van der Waals surface area contributed by atoms with Gasteiger partial charge in [-0.1, -0.05) is 66.7 Å². The van der Waals surface area contributed by atoms with Crippen molar-refractivity contribution in [3.8, 4) is 16.9 Å². The van der Waals surface area contributed by atoms with Crippen molar-refractivity contribution in [1.29, 1.82) is 0 Å². The van der Waals surface area contributed by atoms with E-state index in [1.54, 1.807) is 66.7 Å². The second kappa shape index (κ2) is 14.2. The van der Waals surface area contributed by atoms with Crippen molar-refractivity contribution in [3.63, 3.8) is 0 Å². The van der Waals surface area contributed by atoms with E-state index in [2.05, 4.69) is 0 Å². The molecule has 2 heterocycles. The number of hydrogen-bond donors (Lipinski definition) is 6. The van der Waals surface area contributed by atoms with Crippen molar-refractivity contribution < 1.29 is 48.8 Å². The lowest BCUT2D eigenvalue weighted by molar-refractivity contribution is -0.231. The van der Waals surface area contributed by atoms with Crippen LogP contribution < -0.4 is 4.90 Å². The number of β-lactam (4-membered cyclic amide) rings is 1. The number of para-hydroxylation sites is 1. The smallest absolute Gasteiger partial charge is 0.245 e. The molecule has 48 heavy (non-hydrogen) atoms. The number of benzene rings is 4. The normalized spacial score (nSPS) is 26.9. The number of phenolic OH excluding ortho intramolecular Hbond substituents is 1. The summed E-state index contributed by atoms with van der Waals surface area (Å²) in [5.74, 6) is -0.909. The fourth-order valence-corrected chi connectivity index (χ4v) is 7.92. The van der Waals surface area contributed by atoms with Gasteiger partial charge in [0.2, 0.25) is 5.91 Å². The van der Waals surface area contributed by atoms with E-state index in [-0.39, 0.29) is 23.8 Å². The summed E-state index contributed by atoms with van der Waals surface area (Å²) in [6, 6.07) is 25.3. The van der Waals surface area contributed by atoms with Crippen LogP contribution in [0.5, 0.6) is 5.75 Å². The summed E-state index contributed by atoms with van der Waals surface area (Å²) in [5.41, 5.74) is 3.30. The average molecular weight is 678 g/mol. The fourth-order valence-electron chi connectivity index (χ4n) is 6.32.